The Balaban J connectivity index is 1.56. The zero-order valence-corrected chi connectivity index (χ0v) is 11.7. The Morgan fingerprint density at radius 2 is 2.05 bits per heavy atom. The van der Waals surface area contributed by atoms with Gasteiger partial charge in [-0.25, -0.2) is 0 Å². The molecule has 4 nitrogen and oxygen atoms in total. The molecule has 3 rings (SSSR count). The van der Waals surface area contributed by atoms with Crippen molar-refractivity contribution < 1.29 is 4.79 Å². The number of nitrogens with one attached hydrogen (secondary N) is 1. The summed E-state index contributed by atoms with van der Waals surface area (Å²) in [4.78, 5) is 19.9. The molecule has 1 aliphatic carbocycles. The molecule has 0 atom stereocenters. The van der Waals surface area contributed by atoms with Gasteiger partial charge >= 0.3 is 0 Å². The quantitative estimate of drug-likeness (QED) is 0.855. The van der Waals surface area contributed by atoms with E-state index in [-0.39, 0.29) is 11.3 Å². The van der Waals surface area contributed by atoms with Crippen LogP contribution in [0.5, 0.6) is 0 Å². The number of carbonyl (C=O) groups excluding carboxylic acids is 1. The fourth-order valence-corrected chi connectivity index (χ4v) is 2.38. The van der Waals surface area contributed by atoms with Crippen LogP contribution in [0.25, 0.3) is 6.08 Å². The van der Waals surface area contributed by atoms with E-state index in [1.54, 1.807) is 24.7 Å². The van der Waals surface area contributed by atoms with Crippen molar-refractivity contribution in [2.24, 2.45) is 0 Å². The topological polar surface area (TPSA) is 54.9 Å². The molecule has 4 heteroatoms. The predicted molar refractivity (Wildman–Crippen MR) is 81.4 cm³/mol. The van der Waals surface area contributed by atoms with Gasteiger partial charge in [0.15, 0.2) is 0 Å². The molecule has 1 saturated carbocycles. The Morgan fingerprint density at radius 1 is 1.24 bits per heavy atom. The first-order valence-corrected chi connectivity index (χ1v) is 7.06. The van der Waals surface area contributed by atoms with Crippen LogP contribution in [0.15, 0.2) is 55.0 Å². The first-order valence-electron chi connectivity index (χ1n) is 7.06. The minimum atomic E-state index is -0.0946. The van der Waals surface area contributed by atoms with Crippen molar-refractivity contribution in [3.05, 3.63) is 66.3 Å². The van der Waals surface area contributed by atoms with Crippen LogP contribution in [-0.2, 0) is 10.2 Å². The third kappa shape index (κ3) is 3.34. The van der Waals surface area contributed by atoms with Gasteiger partial charge in [0, 0.05) is 30.4 Å². The number of benzene rings is 1. The van der Waals surface area contributed by atoms with Crippen molar-refractivity contribution in [2.45, 2.75) is 18.3 Å². The molecule has 1 amide bonds. The molecule has 1 aromatic carbocycles. The van der Waals surface area contributed by atoms with Gasteiger partial charge in [-0.3, -0.25) is 14.8 Å². The zero-order chi connectivity index (χ0) is 14.5. The summed E-state index contributed by atoms with van der Waals surface area (Å²) in [6, 6.07) is 10.4. The Bertz CT molecular complexity index is 634. The molecule has 2 aromatic rings. The minimum absolute atomic E-state index is 0.0946. The maximum absolute atomic E-state index is 11.9. The van der Waals surface area contributed by atoms with Crippen LogP contribution >= 0.6 is 0 Å². The highest BCUT2D eigenvalue weighted by Crippen LogP contribution is 2.47. The maximum Gasteiger partial charge on any atom is 0.244 e. The van der Waals surface area contributed by atoms with Gasteiger partial charge in [-0.15, -0.1) is 0 Å². The number of hydrogen-bond acceptors (Lipinski definition) is 3. The monoisotopic (exact) mass is 279 g/mol. The summed E-state index contributed by atoms with van der Waals surface area (Å²) in [5, 5.41) is 2.98. The van der Waals surface area contributed by atoms with E-state index in [4.69, 9.17) is 0 Å². The van der Waals surface area contributed by atoms with Gasteiger partial charge in [-0.2, -0.15) is 0 Å². The second-order valence-corrected chi connectivity index (χ2v) is 5.33. The number of rotatable bonds is 5. The molecule has 0 unspecified atom stereocenters. The van der Waals surface area contributed by atoms with Crippen molar-refractivity contribution >= 4 is 12.0 Å². The first-order chi connectivity index (χ1) is 10.3. The Kier molecular flexibility index (Phi) is 3.77. The normalized spacial score (nSPS) is 15.8. The van der Waals surface area contributed by atoms with Gasteiger partial charge < -0.3 is 5.32 Å². The number of carbonyl (C=O) groups is 1. The Morgan fingerprint density at radius 3 is 2.71 bits per heavy atom. The second-order valence-electron chi connectivity index (χ2n) is 5.33. The summed E-state index contributed by atoms with van der Waals surface area (Å²) in [7, 11) is 0. The third-order valence-corrected chi connectivity index (χ3v) is 3.83. The summed E-state index contributed by atoms with van der Waals surface area (Å²) in [6.07, 6.45) is 10.3. The van der Waals surface area contributed by atoms with E-state index < -0.39 is 0 Å². The SMILES string of the molecule is O=C(C=Cc1cnccn1)NCC1(c2ccccc2)CC1. The number of hydrogen-bond donors (Lipinski definition) is 1. The van der Waals surface area contributed by atoms with Crippen LogP contribution in [0.1, 0.15) is 24.1 Å². The molecule has 0 aliphatic heterocycles. The van der Waals surface area contributed by atoms with E-state index in [0.717, 1.165) is 12.8 Å². The van der Waals surface area contributed by atoms with E-state index in [1.165, 1.54) is 11.6 Å². The van der Waals surface area contributed by atoms with Crippen LogP contribution in [-0.4, -0.2) is 22.4 Å². The number of amides is 1. The Hall–Kier alpha value is -2.49. The summed E-state index contributed by atoms with van der Waals surface area (Å²) in [5.74, 6) is -0.0946. The van der Waals surface area contributed by atoms with Gasteiger partial charge in [0.2, 0.25) is 5.91 Å². The average Bonchev–Trinajstić information content (AvgIpc) is 3.34. The van der Waals surface area contributed by atoms with E-state index in [2.05, 4.69) is 27.4 Å². The molecule has 106 valence electrons. The van der Waals surface area contributed by atoms with Crippen LogP contribution in [0.4, 0.5) is 0 Å². The van der Waals surface area contributed by atoms with Crippen LogP contribution in [0, 0.1) is 0 Å². The van der Waals surface area contributed by atoms with Crippen molar-refractivity contribution in [1.29, 1.82) is 0 Å². The van der Waals surface area contributed by atoms with Gasteiger partial charge in [-0.05, 0) is 24.5 Å². The zero-order valence-electron chi connectivity index (χ0n) is 11.7. The largest absolute Gasteiger partial charge is 0.352 e. The fraction of sp³-hybridized carbons (Fsp3) is 0.235. The maximum atomic E-state index is 11.9. The van der Waals surface area contributed by atoms with Crippen molar-refractivity contribution in [1.82, 2.24) is 15.3 Å². The predicted octanol–water partition coefficient (Wildman–Crippen LogP) is 2.34. The highest BCUT2D eigenvalue weighted by atomic mass is 16.1. The highest BCUT2D eigenvalue weighted by molar-refractivity contribution is 5.91. The molecule has 1 aliphatic rings. The molecule has 0 spiro atoms. The molecule has 1 fully saturated rings. The van der Waals surface area contributed by atoms with Gasteiger partial charge in [0.25, 0.3) is 0 Å². The lowest BCUT2D eigenvalue weighted by Gasteiger charge is -2.15. The summed E-state index contributed by atoms with van der Waals surface area (Å²) < 4.78 is 0. The van der Waals surface area contributed by atoms with E-state index >= 15 is 0 Å². The van der Waals surface area contributed by atoms with E-state index in [0.29, 0.717) is 12.2 Å². The lowest BCUT2D eigenvalue weighted by molar-refractivity contribution is -0.116. The van der Waals surface area contributed by atoms with E-state index in [9.17, 15) is 4.79 Å². The van der Waals surface area contributed by atoms with Crippen molar-refractivity contribution in [3.63, 3.8) is 0 Å². The minimum Gasteiger partial charge on any atom is -0.352 e. The standard InChI is InChI=1S/C17H17N3O/c21-16(7-6-15-12-18-10-11-19-15)20-13-17(8-9-17)14-4-2-1-3-5-14/h1-7,10-12H,8-9,13H2,(H,20,21). The smallest absolute Gasteiger partial charge is 0.244 e. The van der Waals surface area contributed by atoms with Crippen LogP contribution in [0.2, 0.25) is 0 Å². The molecule has 0 bridgehead atoms. The molecule has 1 N–H and O–H groups in total. The first kappa shape index (κ1) is 13.5. The highest BCUT2D eigenvalue weighted by Gasteiger charge is 2.43. The van der Waals surface area contributed by atoms with Crippen LogP contribution in [0.3, 0.4) is 0 Å². The summed E-state index contributed by atoms with van der Waals surface area (Å²) >= 11 is 0. The molecule has 0 saturated heterocycles. The average molecular weight is 279 g/mol. The van der Waals surface area contributed by atoms with Gasteiger partial charge in [0.05, 0.1) is 11.9 Å². The molecule has 1 heterocycles. The number of nitrogens with zero attached hydrogens (tertiary/aromatic N) is 2. The van der Waals surface area contributed by atoms with E-state index in [1.807, 2.05) is 18.2 Å². The lowest BCUT2D eigenvalue weighted by atomic mass is 9.96. The Labute approximate surface area is 123 Å². The molecule has 0 radical (unpaired) electrons. The third-order valence-electron chi connectivity index (χ3n) is 3.83. The van der Waals surface area contributed by atoms with Gasteiger partial charge in [-0.1, -0.05) is 30.3 Å². The summed E-state index contributed by atoms with van der Waals surface area (Å²) in [6.45, 7) is 0.681. The fourth-order valence-electron chi connectivity index (χ4n) is 2.38. The second kappa shape index (κ2) is 5.87. The van der Waals surface area contributed by atoms with Crippen molar-refractivity contribution in [3.8, 4) is 0 Å². The van der Waals surface area contributed by atoms with Gasteiger partial charge in [0.1, 0.15) is 0 Å². The van der Waals surface area contributed by atoms with Crippen LogP contribution < -0.4 is 5.32 Å². The molecular weight excluding hydrogens is 262 g/mol. The summed E-state index contributed by atoms with van der Waals surface area (Å²) in [5.41, 5.74) is 2.12. The molecular formula is C17H17N3O. The molecule has 21 heavy (non-hydrogen) atoms. The lowest BCUT2D eigenvalue weighted by Crippen LogP contribution is -2.30. The number of aromatic nitrogens is 2. The molecule has 1 aromatic heterocycles. The van der Waals surface area contributed by atoms with Crippen molar-refractivity contribution in [2.75, 3.05) is 6.54 Å².